The van der Waals surface area contributed by atoms with Crippen LogP contribution in [0.2, 0.25) is 0 Å². The highest BCUT2D eigenvalue weighted by atomic mass is 31.1. The molecule has 0 saturated heterocycles. The van der Waals surface area contributed by atoms with Crippen molar-refractivity contribution in [2.45, 2.75) is 31.1 Å². The van der Waals surface area contributed by atoms with Crippen molar-refractivity contribution in [3.63, 3.8) is 0 Å². The molecule has 2 heteroatoms. The van der Waals surface area contributed by atoms with Crippen LogP contribution in [0.5, 0.6) is 0 Å². The number of hydrogen-bond donors (Lipinski definition) is 1. The second-order valence-electron chi connectivity index (χ2n) is 8.78. The molecular weight excluding hydrogens is 393 g/mol. The van der Waals surface area contributed by atoms with Crippen LogP contribution >= 0.6 is 7.92 Å². The third kappa shape index (κ3) is 2.87. The molecule has 4 aromatic rings. The number of nitrogen functional groups attached to an aromatic ring is 1. The van der Waals surface area contributed by atoms with Crippen molar-refractivity contribution in [2.75, 3.05) is 5.73 Å². The molecule has 0 unspecified atom stereocenters. The molecule has 4 aromatic carbocycles. The maximum absolute atomic E-state index is 6.64. The van der Waals surface area contributed by atoms with E-state index >= 15 is 0 Å². The molecule has 0 bridgehead atoms. The third-order valence-corrected chi connectivity index (χ3v) is 9.66. The van der Waals surface area contributed by atoms with Crippen LogP contribution in [0.4, 0.5) is 5.69 Å². The summed E-state index contributed by atoms with van der Waals surface area (Å²) in [6.07, 6.45) is 4.62. The van der Waals surface area contributed by atoms with E-state index in [4.69, 9.17) is 5.73 Å². The topological polar surface area (TPSA) is 26.0 Å². The molecule has 0 saturated carbocycles. The lowest BCUT2D eigenvalue weighted by molar-refractivity contribution is 0.511. The highest BCUT2D eigenvalue weighted by Gasteiger charge is 2.47. The Kier molecular flexibility index (Phi) is 4.47. The first-order chi connectivity index (χ1) is 15.3. The number of fused-ring (bicyclic) bond motifs is 4. The van der Waals surface area contributed by atoms with Crippen LogP contribution in [0, 0.1) is 0 Å². The summed E-state index contributed by atoms with van der Waals surface area (Å²) in [4.78, 5) is 0. The van der Waals surface area contributed by atoms with Crippen LogP contribution in [0.3, 0.4) is 0 Å². The highest BCUT2D eigenvalue weighted by molar-refractivity contribution is 7.79. The zero-order valence-electron chi connectivity index (χ0n) is 17.6. The van der Waals surface area contributed by atoms with Crippen molar-refractivity contribution in [3.8, 4) is 0 Å². The van der Waals surface area contributed by atoms with Gasteiger partial charge in [-0.05, 0) is 77.8 Å². The Morgan fingerprint density at radius 1 is 0.581 bits per heavy atom. The van der Waals surface area contributed by atoms with E-state index in [-0.39, 0.29) is 5.41 Å². The standard InChI is InChI=1S/C29H26NP/c30-25-15-7-9-21-17-19-29(27(21)25)20-18-22-10-8-16-26(28(22)29)31(23-11-3-1-4-12-23)24-13-5-2-6-14-24/h1-16H,17-20,30H2/t29-/m1/s1. The minimum Gasteiger partial charge on any atom is -0.398 e. The molecule has 152 valence electrons. The van der Waals surface area contributed by atoms with Crippen LogP contribution in [0.1, 0.15) is 35.1 Å². The molecule has 2 N–H and O–H groups in total. The quantitative estimate of drug-likeness (QED) is 0.358. The lowest BCUT2D eigenvalue weighted by atomic mass is 9.76. The Morgan fingerprint density at radius 3 is 1.74 bits per heavy atom. The van der Waals surface area contributed by atoms with E-state index in [1.54, 1.807) is 5.56 Å². The summed E-state index contributed by atoms with van der Waals surface area (Å²) in [5, 5.41) is 4.34. The first-order valence-electron chi connectivity index (χ1n) is 11.2. The maximum Gasteiger partial charge on any atom is 0.0358 e. The molecule has 0 radical (unpaired) electrons. The average molecular weight is 420 g/mol. The molecule has 31 heavy (non-hydrogen) atoms. The van der Waals surface area contributed by atoms with E-state index in [0.717, 1.165) is 18.5 Å². The van der Waals surface area contributed by atoms with Crippen LogP contribution < -0.4 is 21.6 Å². The molecule has 0 aromatic heterocycles. The highest BCUT2D eigenvalue weighted by Crippen LogP contribution is 2.55. The number of aryl methyl sites for hydroxylation is 2. The van der Waals surface area contributed by atoms with Gasteiger partial charge >= 0.3 is 0 Å². The summed E-state index contributed by atoms with van der Waals surface area (Å²) >= 11 is 0. The van der Waals surface area contributed by atoms with Gasteiger partial charge in [0.2, 0.25) is 0 Å². The van der Waals surface area contributed by atoms with Gasteiger partial charge in [0, 0.05) is 11.1 Å². The number of rotatable bonds is 3. The predicted molar refractivity (Wildman–Crippen MR) is 133 cm³/mol. The van der Waals surface area contributed by atoms with Gasteiger partial charge in [-0.1, -0.05) is 91.0 Å². The molecule has 0 fully saturated rings. The fraction of sp³-hybridized carbons (Fsp3) is 0.172. The normalized spacial score (nSPS) is 19.0. The van der Waals surface area contributed by atoms with Gasteiger partial charge in [0.25, 0.3) is 0 Å². The number of hydrogen-bond acceptors (Lipinski definition) is 1. The Bertz CT molecular complexity index is 1200. The molecule has 0 heterocycles. The second kappa shape index (κ2) is 7.36. The van der Waals surface area contributed by atoms with Gasteiger partial charge in [-0.2, -0.15) is 0 Å². The van der Waals surface area contributed by atoms with E-state index < -0.39 is 7.92 Å². The number of anilines is 1. The Balaban J connectivity index is 1.62. The van der Waals surface area contributed by atoms with Crippen molar-refractivity contribution >= 4 is 29.5 Å². The Labute approximate surface area is 185 Å². The monoisotopic (exact) mass is 419 g/mol. The SMILES string of the molecule is Nc1cccc2c1[C@@]1(CC2)CCc2cccc(P(c3ccccc3)c3ccccc3)c21. The number of benzene rings is 4. The second-order valence-corrected chi connectivity index (χ2v) is 11.0. The fourth-order valence-electron chi connectivity index (χ4n) is 5.97. The van der Waals surface area contributed by atoms with Gasteiger partial charge in [0.15, 0.2) is 0 Å². The lowest BCUT2D eigenvalue weighted by Crippen LogP contribution is -2.32. The average Bonchev–Trinajstić information content (AvgIpc) is 3.39. The molecule has 6 rings (SSSR count). The Hall–Kier alpha value is -2.89. The molecule has 2 aliphatic rings. The van der Waals surface area contributed by atoms with Gasteiger partial charge in [0.05, 0.1) is 0 Å². The fourth-order valence-corrected chi connectivity index (χ4v) is 8.58. The smallest absolute Gasteiger partial charge is 0.0358 e. The van der Waals surface area contributed by atoms with Crippen LogP contribution in [0.15, 0.2) is 97.1 Å². The largest absolute Gasteiger partial charge is 0.398 e. The predicted octanol–water partition coefficient (Wildman–Crippen LogP) is 5.21. The van der Waals surface area contributed by atoms with Gasteiger partial charge in [-0.3, -0.25) is 0 Å². The van der Waals surface area contributed by atoms with Crippen LogP contribution in [0.25, 0.3) is 0 Å². The molecule has 0 aliphatic heterocycles. The summed E-state index contributed by atoms with van der Waals surface area (Å²) in [6, 6.07) is 35.7. The van der Waals surface area contributed by atoms with Gasteiger partial charge in [-0.25, -0.2) is 0 Å². The number of nitrogens with two attached hydrogens (primary N) is 1. The van der Waals surface area contributed by atoms with Crippen molar-refractivity contribution < 1.29 is 0 Å². The van der Waals surface area contributed by atoms with E-state index in [2.05, 4.69) is 97.1 Å². The molecular formula is C29H26NP. The summed E-state index contributed by atoms with van der Waals surface area (Å²) in [6.45, 7) is 0. The first kappa shape index (κ1) is 18.8. The molecule has 2 aliphatic carbocycles. The van der Waals surface area contributed by atoms with E-state index in [0.29, 0.717) is 0 Å². The minimum absolute atomic E-state index is 0.0662. The zero-order valence-corrected chi connectivity index (χ0v) is 18.5. The van der Waals surface area contributed by atoms with Crippen molar-refractivity contribution in [3.05, 3.63) is 119 Å². The first-order valence-corrected chi connectivity index (χ1v) is 12.5. The molecule has 1 spiro atoms. The van der Waals surface area contributed by atoms with E-state index in [1.807, 2.05) is 0 Å². The summed E-state index contributed by atoms with van der Waals surface area (Å²) in [5.41, 5.74) is 13.6. The minimum atomic E-state index is -0.631. The lowest BCUT2D eigenvalue weighted by Gasteiger charge is -2.32. The molecule has 1 atom stereocenters. The Morgan fingerprint density at radius 2 is 1.13 bits per heavy atom. The third-order valence-electron chi connectivity index (χ3n) is 7.18. The molecule has 0 amide bonds. The van der Waals surface area contributed by atoms with Crippen LogP contribution in [-0.2, 0) is 18.3 Å². The van der Waals surface area contributed by atoms with Gasteiger partial charge in [-0.15, -0.1) is 0 Å². The van der Waals surface area contributed by atoms with Crippen molar-refractivity contribution in [1.29, 1.82) is 0 Å². The zero-order chi connectivity index (χ0) is 20.8. The summed E-state index contributed by atoms with van der Waals surface area (Å²) in [7, 11) is -0.631. The van der Waals surface area contributed by atoms with Crippen LogP contribution in [-0.4, -0.2) is 0 Å². The summed E-state index contributed by atoms with van der Waals surface area (Å²) < 4.78 is 0. The van der Waals surface area contributed by atoms with Crippen molar-refractivity contribution in [2.24, 2.45) is 0 Å². The van der Waals surface area contributed by atoms with E-state index in [1.165, 1.54) is 45.4 Å². The van der Waals surface area contributed by atoms with Gasteiger partial charge in [0.1, 0.15) is 0 Å². The van der Waals surface area contributed by atoms with Crippen molar-refractivity contribution in [1.82, 2.24) is 0 Å². The maximum atomic E-state index is 6.64. The van der Waals surface area contributed by atoms with E-state index in [9.17, 15) is 0 Å². The summed E-state index contributed by atoms with van der Waals surface area (Å²) in [5.74, 6) is 0. The van der Waals surface area contributed by atoms with Gasteiger partial charge < -0.3 is 5.73 Å². The molecule has 1 nitrogen and oxygen atoms in total.